The Labute approximate surface area is 172 Å². The van der Waals surface area contributed by atoms with Crippen molar-refractivity contribution in [3.05, 3.63) is 71.2 Å². The van der Waals surface area contributed by atoms with Gasteiger partial charge in [0.05, 0.1) is 29.6 Å². The second-order valence-electron chi connectivity index (χ2n) is 7.11. The summed E-state index contributed by atoms with van der Waals surface area (Å²) in [6.45, 7) is 3.19. The van der Waals surface area contributed by atoms with Crippen LogP contribution >= 0.6 is 0 Å². The van der Waals surface area contributed by atoms with Gasteiger partial charge < -0.3 is 15.3 Å². The second-order valence-corrected chi connectivity index (χ2v) is 7.11. The number of likely N-dealkylation sites (tertiary alicyclic amines) is 1. The first kappa shape index (κ1) is 19.4. The van der Waals surface area contributed by atoms with E-state index in [0.717, 1.165) is 12.5 Å². The van der Waals surface area contributed by atoms with Gasteiger partial charge in [-0.05, 0) is 37.1 Å². The lowest BCUT2D eigenvalue weighted by Gasteiger charge is -2.30. The highest BCUT2D eigenvalue weighted by Crippen LogP contribution is 2.28. The first-order valence-corrected chi connectivity index (χ1v) is 9.44. The number of carbonyl (C=O) groups excluding carboxylic acids is 3. The molecule has 0 saturated carbocycles. The van der Waals surface area contributed by atoms with E-state index in [0.29, 0.717) is 30.0 Å². The van der Waals surface area contributed by atoms with Gasteiger partial charge in [-0.3, -0.25) is 24.4 Å². The molecule has 2 aliphatic rings. The average Bonchev–Trinajstić information content (AvgIpc) is 2.70. The number of nitrogens with zero attached hydrogens (tertiary/aromatic N) is 4. The molecule has 0 bridgehead atoms. The first-order chi connectivity index (χ1) is 14.4. The lowest BCUT2D eigenvalue weighted by atomic mass is 9.86. The van der Waals surface area contributed by atoms with Crippen molar-refractivity contribution < 1.29 is 19.5 Å². The zero-order valence-electron chi connectivity index (χ0n) is 16.2. The normalized spacial score (nSPS) is 18.2. The molecule has 1 aliphatic heterocycles. The van der Waals surface area contributed by atoms with Crippen LogP contribution in [-0.4, -0.2) is 55.6 Å². The summed E-state index contributed by atoms with van der Waals surface area (Å²) in [4.78, 5) is 51.7. The van der Waals surface area contributed by atoms with Crippen LogP contribution in [-0.2, 0) is 9.59 Å². The van der Waals surface area contributed by atoms with E-state index < -0.39 is 17.6 Å². The van der Waals surface area contributed by atoms with Crippen molar-refractivity contribution in [3.63, 3.8) is 0 Å². The molecule has 9 heteroatoms. The number of nitrogens with one attached hydrogen (secondary N) is 1. The minimum absolute atomic E-state index is 0.152. The van der Waals surface area contributed by atoms with Crippen molar-refractivity contribution in [2.75, 3.05) is 18.4 Å². The van der Waals surface area contributed by atoms with Crippen LogP contribution in [0.25, 0.3) is 0 Å². The van der Waals surface area contributed by atoms with Crippen LogP contribution in [0.3, 0.4) is 0 Å². The summed E-state index contributed by atoms with van der Waals surface area (Å²) >= 11 is 0. The van der Waals surface area contributed by atoms with Crippen LogP contribution in [0.4, 0.5) is 5.82 Å². The van der Waals surface area contributed by atoms with Crippen LogP contribution in [0.1, 0.15) is 34.1 Å². The maximum Gasteiger partial charge on any atom is 0.272 e. The number of aryl methyl sites for hydroxylation is 1. The Morgan fingerprint density at radius 1 is 1.13 bits per heavy atom. The lowest BCUT2D eigenvalue weighted by Crippen LogP contribution is -2.42. The van der Waals surface area contributed by atoms with E-state index >= 15 is 0 Å². The molecule has 1 fully saturated rings. The number of amides is 2. The molecule has 1 aliphatic carbocycles. The van der Waals surface area contributed by atoms with Gasteiger partial charge in [0, 0.05) is 19.3 Å². The summed E-state index contributed by atoms with van der Waals surface area (Å²) in [6.07, 6.45) is 7.73. The fourth-order valence-electron chi connectivity index (χ4n) is 3.14. The minimum Gasteiger partial charge on any atom is -0.508 e. The van der Waals surface area contributed by atoms with Crippen molar-refractivity contribution in [1.82, 2.24) is 19.9 Å². The van der Waals surface area contributed by atoms with Crippen molar-refractivity contribution in [2.24, 2.45) is 0 Å². The third kappa shape index (κ3) is 3.82. The van der Waals surface area contributed by atoms with Gasteiger partial charge in [0.2, 0.25) is 0 Å². The molecule has 3 heterocycles. The molecular weight excluding hydrogens is 386 g/mol. The summed E-state index contributed by atoms with van der Waals surface area (Å²) in [5, 5.41) is 12.6. The first-order valence-electron chi connectivity index (χ1n) is 9.44. The minimum atomic E-state index is -0.888. The molecule has 2 aromatic heterocycles. The van der Waals surface area contributed by atoms with Gasteiger partial charge in [-0.15, -0.1) is 0 Å². The van der Waals surface area contributed by atoms with E-state index in [-0.39, 0.29) is 23.1 Å². The van der Waals surface area contributed by atoms with Crippen LogP contribution in [0.15, 0.2) is 54.2 Å². The van der Waals surface area contributed by atoms with E-state index in [2.05, 4.69) is 20.3 Å². The lowest BCUT2D eigenvalue weighted by molar-refractivity contribution is -0.120. The van der Waals surface area contributed by atoms with Gasteiger partial charge >= 0.3 is 0 Å². The quantitative estimate of drug-likeness (QED) is 0.742. The van der Waals surface area contributed by atoms with Crippen LogP contribution < -0.4 is 5.32 Å². The van der Waals surface area contributed by atoms with Gasteiger partial charge in [-0.1, -0.05) is 6.07 Å². The molecule has 2 amide bonds. The molecule has 0 spiro atoms. The molecule has 0 aromatic carbocycles. The Balaban J connectivity index is 1.52. The summed E-state index contributed by atoms with van der Waals surface area (Å²) < 4.78 is 0. The number of allylic oxidation sites excluding steroid dienone is 2. The molecule has 4 rings (SSSR count). The van der Waals surface area contributed by atoms with E-state index in [1.54, 1.807) is 24.0 Å². The highest BCUT2D eigenvalue weighted by molar-refractivity contribution is 6.26. The van der Waals surface area contributed by atoms with Crippen molar-refractivity contribution >= 4 is 23.4 Å². The second kappa shape index (κ2) is 7.86. The maximum atomic E-state index is 12.9. The largest absolute Gasteiger partial charge is 0.508 e. The van der Waals surface area contributed by atoms with Crippen LogP contribution in [0, 0.1) is 6.92 Å². The summed E-state index contributed by atoms with van der Waals surface area (Å²) in [5.74, 6) is -2.24. The number of aromatic nitrogens is 3. The van der Waals surface area contributed by atoms with E-state index in [1.807, 2.05) is 0 Å². The van der Waals surface area contributed by atoms with Gasteiger partial charge in [0.25, 0.3) is 11.8 Å². The Morgan fingerprint density at radius 2 is 1.93 bits per heavy atom. The summed E-state index contributed by atoms with van der Waals surface area (Å²) in [6, 6.07) is 3.16. The van der Waals surface area contributed by atoms with Crippen molar-refractivity contribution in [3.8, 4) is 0 Å². The topological polar surface area (TPSA) is 125 Å². The highest BCUT2D eigenvalue weighted by Gasteiger charge is 2.31. The fourth-order valence-corrected chi connectivity index (χ4v) is 3.14. The molecule has 1 unspecified atom stereocenters. The molecule has 9 nitrogen and oxygen atoms in total. The molecule has 30 heavy (non-hydrogen) atoms. The van der Waals surface area contributed by atoms with Crippen LogP contribution in [0.2, 0.25) is 0 Å². The molecule has 0 radical (unpaired) electrons. The summed E-state index contributed by atoms with van der Waals surface area (Å²) in [5.41, 5.74) is 1.25. The Kier molecular flexibility index (Phi) is 5.09. The number of Topliss-reactive ketones (excluding diaryl/α,β-unsaturated/α-hetero) is 1. The number of pyridine rings is 1. The number of hydrogen-bond donors (Lipinski definition) is 2. The number of hydrogen-bond acceptors (Lipinski definition) is 7. The monoisotopic (exact) mass is 405 g/mol. The number of ketones is 1. The Bertz CT molecular complexity index is 1070. The highest BCUT2D eigenvalue weighted by atomic mass is 16.3. The predicted molar refractivity (Wildman–Crippen MR) is 107 cm³/mol. The average molecular weight is 405 g/mol. The molecule has 152 valence electrons. The molecule has 1 atom stereocenters. The number of aliphatic hydroxyl groups is 1. The van der Waals surface area contributed by atoms with E-state index in [4.69, 9.17) is 0 Å². The Morgan fingerprint density at radius 3 is 2.53 bits per heavy atom. The summed E-state index contributed by atoms with van der Waals surface area (Å²) in [7, 11) is 0. The van der Waals surface area contributed by atoms with Gasteiger partial charge in [-0.2, -0.15) is 0 Å². The fraction of sp³-hybridized carbons (Fsp3) is 0.238. The van der Waals surface area contributed by atoms with Gasteiger partial charge in [0.15, 0.2) is 11.6 Å². The van der Waals surface area contributed by atoms with Crippen LogP contribution in [0.5, 0.6) is 0 Å². The standard InChI is InChI=1S/C21H19N5O4/c1-12-9-24-18(11-22-12)25-20(29)16-8-14(27)7-15(19(16)28)13-3-4-17(23-10-13)21(30)26-5-2-6-26/h3-4,7-11,15,27H,2,5-6H2,1H3,(H,24,25,29). The maximum absolute atomic E-state index is 12.9. The van der Waals surface area contributed by atoms with Crippen molar-refractivity contribution in [2.45, 2.75) is 19.3 Å². The smallest absolute Gasteiger partial charge is 0.272 e. The van der Waals surface area contributed by atoms with Crippen molar-refractivity contribution in [1.29, 1.82) is 0 Å². The predicted octanol–water partition coefficient (Wildman–Crippen LogP) is 1.70. The Hall–Kier alpha value is -3.88. The number of aliphatic hydroxyl groups excluding tert-OH is 1. The number of rotatable bonds is 4. The van der Waals surface area contributed by atoms with Gasteiger partial charge in [0.1, 0.15) is 11.5 Å². The van der Waals surface area contributed by atoms with Gasteiger partial charge in [-0.25, -0.2) is 4.98 Å². The number of carbonyl (C=O) groups is 3. The molecule has 2 N–H and O–H groups in total. The zero-order valence-corrected chi connectivity index (χ0v) is 16.2. The molecular formula is C21H19N5O4. The van der Waals surface area contributed by atoms with E-state index in [9.17, 15) is 19.5 Å². The van der Waals surface area contributed by atoms with E-state index in [1.165, 1.54) is 24.7 Å². The SMILES string of the molecule is Cc1cnc(NC(=O)C2=CC(O)=CC(c3ccc(C(=O)N4CCC4)nc3)C2=O)cn1. The molecule has 1 saturated heterocycles. The number of anilines is 1. The third-order valence-electron chi connectivity index (χ3n) is 4.95. The third-order valence-corrected chi connectivity index (χ3v) is 4.95. The molecule has 2 aromatic rings. The zero-order chi connectivity index (χ0) is 21.3.